The third-order valence-electron chi connectivity index (χ3n) is 10.9. The Morgan fingerprint density at radius 3 is 2.20 bits per heavy atom. The summed E-state index contributed by atoms with van der Waals surface area (Å²) in [4.78, 5) is 9.81. The summed E-state index contributed by atoms with van der Waals surface area (Å²) < 4.78 is 6.43. The molecule has 5 aromatic carbocycles. The second kappa shape index (κ2) is 16.3. The van der Waals surface area contributed by atoms with E-state index in [2.05, 4.69) is 158 Å². The van der Waals surface area contributed by atoms with Crippen molar-refractivity contribution >= 4 is 60.2 Å². The van der Waals surface area contributed by atoms with Crippen LogP contribution in [0.5, 0.6) is 0 Å². The molecule has 0 aliphatic heterocycles. The predicted molar refractivity (Wildman–Crippen MR) is 234 cm³/mol. The smallest absolute Gasteiger partial charge is 0 e. The second-order valence-electron chi connectivity index (χ2n) is 16.8. The molecule has 3 nitrogen and oxygen atoms in total. The molecule has 8 aromatic rings. The fourth-order valence-electron chi connectivity index (χ4n) is 7.92. The minimum absolute atomic E-state index is 0. The molecule has 1 saturated carbocycles. The van der Waals surface area contributed by atoms with Crippen LogP contribution in [0.2, 0.25) is 17.3 Å². The Morgan fingerprint density at radius 1 is 0.745 bits per heavy atom. The van der Waals surface area contributed by atoms with E-state index >= 15 is 0 Å². The number of benzene rings is 5. The molecule has 1 fully saturated rings. The number of pyridine rings is 1. The molecular formula is C49H49GeIrN3S-2. The first-order chi connectivity index (χ1) is 26.0. The third kappa shape index (κ3) is 8.32. The van der Waals surface area contributed by atoms with Crippen LogP contribution in [0.25, 0.3) is 59.5 Å². The number of thiophene rings is 1. The van der Waals surface area contributed by atoms with Crippen molar-refractivity contribution in [3.8, 4) is 28.3 Å². The van der Waals surface area contributed by atoms with E-state index < -0.39 is 13.3 Å². The van der Waals surface area contributed by atoms with Gasteiger partial charge in [-0.25, -0.2) is 0 Å². The summed E-state index contributed by atoms with van der Waals surface area (Å²) in [6.45, 7) is 6.74. The number of hydrogen-bond donors (Lipinski definition) is 0. The largest absolute Gasteiger partial charge is 0 e. The summed E-state index contributed by atoms with van der Waals surface area (Å²) in [7, 11) is 0. The topological polar surface area (TPSA) is 30.7 Å². The molecule has 1 radical (unpaired) electrons. The van der Waals surface area contributed by atoms with Gasteiger partial charge in [0.15, 0.2) is 0 Å². The molecular weight excluding hydrogens is 927 g/mol. The summed E-state index contributed by atoms with van der Waals surface area (Å²) >= 11 is -0.0602. The van der Waals surface area contributed by atoms with Gasteiger partial charge in [-0.3, -0.25) is 4.98 Å². The second-order valence-corrected chi connectivity index (χ2v) is 28.5. The van der Waals surface area contributed by atoms with Crippen LogP contribution in [0.1, 0.15) is 69.9 Å². The maximum absolute atomic E-state index is 5.03. The van der Waals surface area contributed by atoms with Crippen molar-refractivity contribution in [1.82, 2.24) is 14.5 Å². The van der Waals surface area contributed by atoms with Crippen LogP contribution >= 0.6 is 11.3 Å². The van der Waals surface area contributed by atoms with Crippen LogP contribution in [0.3, 0.4) is 0 Å². The molecule has 0 atom stereocenters. The van der Waals surface area contributed by atoms with Gasteiger partial charge in [-0.2, -0.15) is 11.3 Å². The number of para-hydroxylation sites is 2. The van der Waals surface area contributed by atoms with E-state index in [1.54, 1.807) is 9.96 Å². The third-order valence-corrected chi connectivity index (χ3v) is 16.3. The quantitative estimate of drug-likeness (QED) is 0.127. The fourth-order valence-corrected chi connectivity index (χ4v) is 12.4. The Balaban J connectivity index is 0.000000178. The Labute approximate surface area is 347 Å². The van der Waals surface area contributed by atoms with E-state index in [9.17, 15) is 0 Å². The molecule has 0 unspecified atom stereocenters. The maximum Gasteiger partial charge on any atom is 0 e. The standard InChI is InChI=1S/C29H23N2S.C20H26GeN.Ir/c1-29(2,3)20-13-15-21(16-14-20)31-25-10-6-5-9-24(25)30-28(31)19-12-17-23-22-8-4-7-11-26(22)32-27(23)18-19;1-21(2,3)19-15-22-20(17-12-8-5-9-13-17)14-18(19)16-10-6-4-7-11-16;/h4-11,13-18H,1-3H3;5,8-9,12,14-16H,4,6-7,10-11H2,1-3H3;/q2*-1;. The first-order valence-electron chi connectivity index (χ1n) is 19.4. The summed E-state index contributed by atoms with van der Waals surface area (Å²) in [6.07, 6.45) is 9.08. The van der Waals surface area contributed by atoms with Gasteiger partial charge >= 0.3 is 137 Å². The molecule has 1 aliphatic rings. The monoisotopic (exact) mass is 978 g/mol. The Morgan fingerprint density at radius 2 is 1.47 bits per heavy atom. The van der Waals surface area contributed by atoms with Crippen molar-refractivity contribution in [3.63, 3.8) is 0 Å². The van der Waals surface area contributed by atoms with Gasteiger partial charge in [0, 0.05) is 30.5 Å². The Hall–Kier alpha value is -3.87. The number of imidazole rings is 1. The zero-order chi connectivity index (χ0) is 37.5. The van der Waals surface area contributed by atoms with Gasteiger partial charge in [-0.05, 0) is 51.4 Å². The average Bonchev–Trinajstić information content (AvgIpc) is 3.76. The fraction of sp³-hybridized carbons (Fsp3) is 0.265. The van der Waals surface area contributed by atoms with Gasteiger partial charge in [-0.1, -0.05) is 68.6 Å². The van der Waals surface area contributed by atoms with Crippen LogP contribution in [0.4, 0.5) is 0 Å². The number of rotatable bonds is 5. The molecule has 1 aliphatic carbocycles. The molecule has 0 N–H and O–H groups in total. The summed E-state index contributed by atoms with van der Waals surface area (Å²) in [5, 5.41) is 2.55. The minimum atomic E-state index is -1.89. The zero-order valence-corrected chi connectivity index (χ0v) is 38.1. The first-order valence-corrected chi connectivity index (χ1v) is 27.6. The van der Waals surface area contributed by atoms with Crippen molar-refractivity contribution < 1.29 is 20.1 Å². The molecule has 55 heavy (non-hydrogen) atoms. The Kier molecular flexibility index (Phi) is 11.7. The van der Waals surface area contributed by atoms with Crippen molar-refractivity contribution in [2.24, 2.45) is 0 Å². The van der Waals surface area contributed by atoms with E-state index in [4.69, 9.17) is 9.97 Å². The van der Waals surface area contributed by atoms with E-state index in [0.29, 0.717) is 0 Å². The molecule has 281 valence electrons. The molecule has 3 heterocycles. The Bertz CT molecular complexity index is 2550. The predicted octanol–water partition coefficient (Wildman–Crippen LogP) is 13.3. The molecule has 0 saturated heterocycles. The van der Waals surface area contributed by atoms with Gasteiger partial charge in [0.25, 0.3) is 0 Å². The van der Waals surface area contributed by atoms with Crippen molar-refractivity contribution in [2.45, 2.75) is 81.5 Å². The van der Waals surface area contributed by atoms with Crippen molar-refractivity contribution in [3.05, 3.63) is 145 Å². The number of hydrogen-bond acceptors (Lipinski definition) is 3. The van der Waals surface area contributed by atoms with Crippen LogP contribution in [-0.4, -0.2) is 27.8 Å². The van der Waals surface area contributed by atoms with Gasteiger partial charge < -0.3 is 4.57 Å². The first kappa shape index (κ1) is 39.4. The van der Waals surface area contributed by atoms with Crippen LogP contribution in [-0.2, 0) is 25.5 Å². The number of fused-ring (bicyclic) bond motifs is 4. The number of aromatic nitrogens is 3. The normalized spacial score (nSPS) is 13.8. The van der Waals surface area contributed by atoms with Crippen molar-refractivity contribution in [2.75, 3.05) is 0 Å². The molecule has 9 rings (SSSR count). The summed E-state index contributed by atoms with van der Waals surface area (Å²) in [6, 6.07) is 47.6. The minimum Gasteiger partial charge on any atom is 0 e. The van der Waals surface area contributed by atoms with Crippen LogP contribution in [0.15, 0.2) is 121 Å². The molecule has 6 heteroatoms. The van der Waals surface area contributed by atoms with E-state index in [1.807, 2.05) is 29.5 Å². The van der Waals surface area contributed by atoms with Gasteiger partial charge in [0.05, 0.1) is 16.9 Å². The van der Waals surface area contributed by atoms with E-state index in [0.717, 1.165) is 45.3 Å². The van der Waals surface area contributed by atoms with E-state index in [1.165, 1.54) is 57.8 Å². The molecule has 0 spiro atoms. The average molecular weight is 977 g/mol. The SMILES string of the molecule is CC(C)(C)c1ccc(-n2c(-c3[c-]cc4c(c3)sc3ccccc34)nc3ccccc32)cc1.[CH3][Ge]([CH3])([CH3])[c]1cnc(-c2[c-]cccc2)cc1C1CCCCC1.[Ir]. The summed E-state index contributed by atoms with van der Waals surface area (Å²) in [5.74, 6) is 9.13. The molecule has 0 amide bonds. The molecule has 0 bridgehead atoms. The van der Waals surface area contributed by atoms with Crippen molar-refractivity contribution in [1.29, 1.82) is 0 Å². The summed E-state index contributed by atoms with van der Waals surface area (Å²) in [5.41, 5.74) is 9.50. The zero-order valence-electron chi connectivity index (χ0n) is 32.7. The van der Waals surface area contributed by atoms with Gasteiger partial charge in [0.2, 0.25) is 0 Å². The number of nitrogens with zero attached hydrogens (tertiary/aromatic N) is 3. The van der Waals surface area contributed by atoms with E-state index in [-0.39, 0.29) is 25.5 Å². The molecule has 3 aromatic heterocycles. The van der Waals surface area contributed by atoms with Crippen LogP contribution < -0.4 is 4.40 Å². The van der Waals surface area contributed by atoms with Crippen LogP contribution in [0, 0.1) is 12.1 Å². The maximum atomic E-state index is 5.03. The van der Waals surface area contributed by atoms with Gasteiger partial charge in [-0.15, -0.1) is 23.8 Å². The van der Waals surface area contributed by atoms with Gasteiger partial charge in [0.1, 0.15) is 0 Å².